The smallest absolute Gasteiger partial charge is 0.274 e. The fraction of sp³-hybridized carbons (Fsp3) is 0.273. The maximum atomic E-state index is 12.7. The third-order valence-corrected chi connectivity index (χ3v) is 5.12. The van der Waals surface area contributed by atoms with E-state index in [2.05, 4.69) is 63.6 Å². The molecule has 5 heteroatoms. The highest BCUT2D eigenvalue weighted by Gasteiger charge is 2.29. The summed E-state index contributed by atoms with van der Waals surface area (Å²) in [6.45, 7) is 5.00. The zero-order chi connectivity index (χ0) is 18.6. The van der Waals surface area contributed by atoms with E-state index in [-0.39, 0.29) is 11.9 Å². The summed E-state index contributed by atoms with van der Waals surface area (Å²) in [6, 6.07) is 23.2. The van der Waals surface area contributed by atoms with Crippen LogP contribution in [0, 0.1) is 6.92 Å². The number of nitrogens with zero attached hydrogens (tertiary/aromatic N) is 3. The van der Waals surface area contributed by atoms with Gasteiger partial charge in [0.05, 0.1) is 6.04 Å². The predicted octanol–water partition coefficient (Wildman–Crippen LogP) is 3.27. The monoisotopic (exact) mass is 360 g/mol. The Morgan fingerprint density at radius 2 is 1.48 bits per heavy atom. The van der Waals surface area contributed by atoms with Crippen molar-refractivity contribution < 1.29 is 4.79 Å². The molecule has 1 aromatic heterocycles. The van der Waals surface area contributed by atoms with E-state index in [9.17, 15) is 4.79 Å². The van der Waals surface area contributed by atoms with Crippen LogP contribution in [0.1, 0.15) is 33.4 Å². The molecule has 1 fully saturated rings. The molecule has 3 aromatic rings. The summed E-state index contributed by atoms with van der Waals surface area (Å²) < 4.78 is 0. The van der Waals surface area contributed by atoms with Gasteiger partial charge in [0.15, 0.2) is 0 Å². The maximum absolute atomic E-state index is 12.7. The first-order valence-corrected chi connectivity index (χ1v) is 9.37. The summed E-state index contributed by atoms with van der Waals surface area (Å²) in [4.78, 5) is 17.0. The highest BCUT2D eigenvalue weighted by molar-refractivity contribution is 5.92. The van der Waals surface area contributed by atoms with Gasteiger partial charge in [-0.25, -0.2) is 0 Å². The van der Waals surface area contributed by atoms with E-state index < -0.39 is 0 Å². The summed E-state index contributed by atoms with van der Waals surface area (Å²) in [5.74, 6) is 0.00923. The lowest BCUT2D eigenvalue weighted by atomic mass is 9.96. The van der Waals surface area contributed by atoms with Crippen LogP contribution in [0.4, 0.5) is 0 Å². The molecule has 0 spiro atoms. The zero-order valence-electron chi connectivity index (χ0n) is 15.5. The standard InChI is InChI=1S/C22H24N4O/c1-17-16-20(24-23-17)22(27)26-14-12-25(13-15-26)21(18-8-4-2-5-9-18)19-10-6-3-7-11-19/h2-11,16,21H,12-15H2,1H3,(H,23,24). The summed E-state index contributed by atoms with van der Waals surface area (Å²) in [5.41, 5.74) is 3.98. The number of hydrogen-bond acceptors (Lipinski definition) is 3. The second-order valence-corrected chi connectivity index (χ2v) is 6.99. The Morgan fingerprint density at radius 1 is 0.926 bits per heavy atom. The number of benzene rings is 2. The van der Waals surface area contributed by atoms with E-state index in [1.54, 1.807) is 0 Å². The van der Waals surface area contributed by atoms with Gasteiger partial charge in [-0.1, -0.05) is 60.7 Å². The predicted molar refractivity (Wildman–Crippen MR) is 106 cm³/mol. The van der Waals surface area contributed by atoms with Crippen molar-refractivity contribution >= 4 is 5.91 Å². The molecule has 27 heavy (non-hydrogen) atoms. The molecule has 0 saturated carbocycles. The summed E-state index contributed by atoms with van der Waals surface area (Å²) in [7, 11) is 0. The Labute approximate surface area is 159 Å². The Kier molecular flexibility index (Phi) is 5.03. The van der Waals surface area contributed by atoms with E-state index in [0.29, 0.717) is 18.8 Å². The summed E-state index contributed by atoms with van der Waals surface area (Å²) >= 11 is 0. The Morgan fingerprint density at radius 3 is 1.96 bits per heavy atom. The SMILES string of the molecule is Cc1cc(C(=O)N2CCN(C(c3ccccc3)c3ccccc3)CC2)n[nH]1. The van der Waals surface area contributed by atoms with Gasteiger partial charge in [-0.3, -0.25) is 14.8 Å². The quantitative estimate of drug-likeness (QED) is 0.777. The molecule has 5 nitrogen and oxygen atoms in total. The molecule has 2 aromatic carbocycles. The average molecular weight is 360 g/mol. The van der Waals surface area contributed by atoms with Gasteiger partial charge in [0.1, 0.15) is 5.69 Å². The van der Waals surface area contributed by atoms with Gasteiger partial charge >= 0.3 is 0 Å². The molecule has 1 amide bonds. The van der Waals surface area contributed by atoms with E-state index in [1.165, 1.54) is 11.1 Å². The van der Waals surface area contributed by atoms with Gasteiger partial charge in [0.2, 0.25) is 0 Å². The topological polar surface area (TPSA) is 52.2 Å². The van der Waals surface area contributed by atoms with Crippen LogP contribution in [0.5, 0.6) is 0 Å². The lowest BCUT2D eigenvalue weighted by molar-refractivity contribution is 0.0592. The number of carbonyl (C=O) groups excluding carboxylic acids is 1. The van der Waals surface area contributed by atoms with Gasteiger partial charge < -0.3 is 4.90 Å². The number of nitrogens with one attached hydrogen (secondary N) is 1. The molecule has 1 aliphatic heterocycles. The number of hydrogen-bond donors (Lipinski definition) is 1. The number of rotatable bonds is 4. The second-order valence-electron chi connectivity index (χ2n) is 6.99. The third kappa shape index (κ3) is 3.78. The first-order valence-electron chi connectivity index (χ1n) is 9.37. The number of aromatic amines is 1. The molecular weight excluding hydrogens is 336 g/mol. The molecule has 138 valence electrons. The average Bonchev–Trinajstić information content (AvgIpc) is 3.16. The molecule has 0 aliphatic carbocycles. The lowest BCUT2D eigenvalue weighted by Crippen LogP contribution is -2.50. The molecule has 4 rings (SSSR count). The lowest BCUT2D eigenvalue weighted by Gasteiger charge is -2.39. The maximum Gasteiger partial charge on any atom is 0.274 e. The molecular formula is C22H24N4O. The second kappa shape index (κ2) is 7.76. The van der Waals surface area contributed by atoms with Crippen molar-refractivity contribution in [3.8, 4) is 0 Å². The van der Waals surface area contributed by atoms with Crippen LogP contribution in [-0.2, 0) is 0 Å². The van der Waals surface area contributed by atoms with Gasteiger partial charge in [-0.05, 0) is 24.1 Å². The van der Waals surface area contributed by atoms with Crippen LogP contribution in [0.15, 0.2) is 66.7 Å². The highest BCUT2D eigenvalue weighted by Crippen LogP contribution is 2.29. The van der Waals surface area contributed by atoms with E-state index in [1.807, 2.05) is 30.0 Å². The summed E-state index contributed by atoms with van der Waals surface area (Å²) in [5, 5.41) is 6.96. The van der Waals surface area contributed by atoms with E-state index in [4.69, 9.17) is 0 Å². The Balaban J connectivity index is 1.51. The van der Waals surface area contributed by atoms with Gasteiger partial charge in [0, 0.05) is 31.9 Å². The first kappa shape index (κ1) is 17.5. The van der Waals surface area contributed by atoms with Crippen LogP contribution < -0.4 is 0 Å². The minimum absolute atomic E-state index is 0.00923. The van der Waals surface area contributed by atoms with Crippen molar-refractivity contribution in [1.82, 2.24) is 20.0 Å². The molecule has 2 heterocycles. The molecule has 1 aliphatic rings. The molecule has 0 radical (unpaired) electrons. The van der Waals surface area contributed by atoms with Crippen molar-refractivity contribution in [2.45, 2.75) is 13.0 Å². The fourth-order valence-corrected chi connectivity index (χ4v) is 3.76. The van der Waals surface area contributed by atoms with E-state index >= 15 is 0 Å². The highest BCUT2D eigenvalue weighted by atomic mass is 16.2. The third-order valence-electron chi connectivity index (χ3n) is 5.12. The van der Waals surface area contributed by atoms with Crippen LogP contribution in [0.3, 0.4) is 0 Å². The number of aryl methyl sites for hydroxylation is 1. The first-order chi connectivity index (χ1) is 13.2. The fourth-order valence-electron chi connectivity index (χ4n) is 3.76. The van der Waals surface area contributed by atoms with E-state index in [0.717, 1.165) is 18.8 Å². The van der Waals surface area contributed by atoms with Crippen molar-refractivity contribution in [2.24, 2.45) is 0 Å². The van der Waals surface area contributed by atoms with Crippen LogP contribution in [0.2, 0.25) is 0 Å². The Bertz CT molecular complexity index is 843. The number of amides is 1. The van der Waals surface area contributed by atoms with Crippen LogP contribution >= 0.6 is 0 Å². The number of piperazine rings is 1. The van der Waals surface area contributed by atoms with Crippen molar-refractivity contribution in [3.63, 3.8) is 0 Å². The molecule has 0 unspecified atom stereocenters. The summed E-state index contributed by atoms with van der Waals surface area (Å²) in [6.07, 6.45) is 0. The number of H-pyrrole nitrogens is 1. The van der Waals surface area contributed by atoms with Crippen molar-refractivity contribution in [2.75, 3.05) is 26.2 Å². The minimum atomic E-state index is 0.00923. The number of carbonyl (C=O) groups is 1. The normalized spacial score (nSPS) is 15.3. The molecule has 0 bridgehead atoms. The largest absolute Gasteiger partial charge is 0.335 e. The van der Waals surface area contributed by atoms with Crippen LogP contribution in [0.25, 0.3) is 0 Å². The van der Waals surface area contributed by atoms with Crippen molar-refractivity contribution in [1.29, 1.82) is 0 Å². The van der Waals surface area contributed by atoms with Crippen molar-refractivity contribution in [3.05, 3.63) is 89.2 Å². The van der Waals surface area contributed by atoms with Gasteiger partial charge in [0.25, 0.3) is 5.91 Å². The van der Waals surface area contributed by atoms with Gasteiger partial charge in [-0.2, -0.15) is 5.10 Å². The zero-order valence-corrected chi connectivity index (χ0v) is 15.5. The van der Waals surface area contributed by atoms with Gasteiger partial charge in [-0.15, -0.1) is 0 Å². The number of aromatic nitrogens is 2. The molecule has 1 saturated heterocycles. The molecule has 1 N–H and O–H groups in total. The van der Waals surface area contributed by atoms with Crippen LogP contribution in [-0.4, -0.2) is 52.1 Å². The molecule has 0 atom stereocenters. The Hall–Kier alpha value is -2.92. The minimum Gasteiger partial charge on any atom is -0.335 e.